The highest BCUT2D eigenvalue weighted by Crippen LogP contribution is 2.27. The predicted molar refractivity (Wildman–Crippen MR) is 105 cm³/mol. The zero-order chi connectivity index (χ0) is 18.7. The summed E-state index contributed by atoms with van der Waals surface area (Å²) >= 11 is 9.37. The van der Waals surface area contributed by atoms with Gasteiger partial charge in [0.25, 0.3) is 5.91 Å². The molecule has 1 heterocycles. The van der Waals surface area contributed by atoms with Gasteiger partial charge in [-0.25, -0.2) is 0 Å². The summed E-state index contributed by atoms with van der Waals surface area (Å²) in [6.45, 7) is 1.39. The first-order valence-electron chi connectivity index (χ1n) is 7.62. The zero-order valence-electron chi connectivity index (χ0n) is 13.6. The number of anilines is 2. The van der Waals surface area contributed by atoms with Gasteiger partial charge in [-0.2, -0.15) is 5.10 Å². The summed E-state index contributed by atoms with van der Waals surface area (Å²) in [6.07, 6.45) is 0. The number of nitrogens with one attached hydrogen (secondary N) is 3. The Labute approximate surface area is 163 Å². The van der Waals surface area contributed by atoms with Gasteiger partial charge in [-0.15, -0.1) is 0 Å². The Morgan fingerprint density at radius 1 is 1.04 bits per heavy atom. The molecule has 0 saturated heterocycles. The molecule has 8 heteroatoms. The number of amides is 2. The average Bonchev–Trinajstić information content (AvgIpc) is 3.08. The van der Waals surface area contributed by atoms with Crippen LogP contribution in [-0.4, -0.2) is 22.0 Å². The van der Waals surface area contributed by atoms with Crippen LogP contribution in [0.15, 0.2) is 53.0 Å². The van der Waals surface area contributed by atoms with Crippen LogP contribution in [0.25, 0.3) is 11.3 Å². The summed E-state index contributed by atoms with van der Waals surface area (Å²) in [7, 11) is 0. The minimum Gasteiger partial charge on any atom is -0.325 e. The van der Waals surface area contributed by atoms with E-state index in [-0.39, 0.29) is 11.6 Å². The Hall–Kier alpha value is -2.64. The fraction of sp³-hybridized carbons (Fsp3) is 0.0556. The molecule has 0 saturated carbocycles. The molecule has 0 unspecified atom stereocenters. The SMILES string of the molecule is CC(=O)Nc1ccc(Cl)cc1NC(=O)c1cc(-c2ccc(Br)cc2)n[nH]1. The average molecular weight is 434 g/mol. The van der Waals surface area contributed by atoms with Gasteiger partial charge in [0.1, 0.15) is 5.69 Å². The number of H-pyrrole nitrogens is 1. The van der Waals surface area contributed by atoms with Gasteiger partial charge in [0, 0.05) is 22.0 Å². The highest BCUT2D eigenvalue weighted by atomic mass is 79.9. The molecule has 26 heavy (non-hydrogen) atoms. The maximum atomic E-state index is 12.5. The van der Waals surface area contributed by atoms with Crippen molar-refractivity contribution in [2.45, 2.75) is 6.92 Å². The number of carbonyl (C=O) groups is 2. The second-order valence-electron chi connectivity index (χ2n) is 5.50. The highest BCUT2D eigenvalue weighted by Gasteiger charge is 2.14. The van der Waals surface area contributed by atoms with Crippen molar-refractivity contribution in [2.24, 2.45) is 0 Å². The lowest BCUT2D eigenvalue weighted by molar-refractivity contribution is -0.114. The van der Waals surface area contributed by atoms with Crippen LogP contribution >= 0.6 is 27.5 Å². The molecular formula is C18H14BrClN4O2. The van der Waals surface area contributed by atoms with E-state index in [0.717, 1.165) is 10.0 Å². The van der Waals surface area contributed by atoms with Crippen LogP contribution in [0.3, 0.4) is 0 Å². The minimum atomic E-state index is -0.394. The third-order valence-corrected chi connectivity index (χ3v) is 4.27. The lowest BCUT2D eigenvalue weighted by Gasteiger charge is -2.11. The second-order valence-corrected chi connectivity index (χ2v) is 6.85. The summed E-state index contributed by atoms with van der Waals surface area (Å²) in [4.78, 5) is 23.8. The molecule has 1 aromatic heterocycles. The van der Waals surface area contributed by atoms with Crippen molar-refractivity contribution >= 4 is 50.7 Å². The van der Waals surface area contributed by atoms with Crippen LogP contribution < -0.4 is 10.6 Å². The summed E-state index contributed by atoms with van der Waals surface area (Å²) in [5, 5.41) is 12.7. The quantitative estimate of drug-likeness (QED) is 0.557. The van der Waals surface area contributed by atoms with Gasteiger partial charge in [-0.05, 0) is 36.4 Å². The number of nitrogens with zero attached hydrogens (tertiary/aromatic N) is 1. The number of halogens is 2. The maximum Gasteiger partial charge on any atom is 0.273 e. The van der Waals surface area contributed by atoms with Crippen LogP contribution in [0.4, 0.5) is 11.4 Å². The number of rotatable bonds is 4. The molecule has 0 spiro atoms. The third-order valence-electron chi connectivity index (χ3n) is 3.50. The maximum absolute atomic E-state index is 12.5. The number of hydrogen-bond acceptors (Lipinski definition) is 3. The topological polar surface area (TPSA) is 86.9 Å². The first-order chi connectivity index (χ1) is 12.4. The van der Waals surface area contributed by atoms with Crippen LogP contribution in [0, 0.1) is 0 Å². The van der Waals surface area contributed by atoms with Crippen molar-refractivity contribution in [1.29, 1.82) is 0 Å². The zero-order valence-corrected chi connectivity index (χ0v) is 16.0. The predicted octanol–water partition coefficient (Wildman–Crippen LogP) is 4.70. The summed E-state index contributed by atoms with van der Waals surface area (Å²) in [6, 6.07) is 14.1. The first-order valence-corrected chi connectivity index (χ1v) is 8.79. The first kappa shape index (κ1) is 18.2. The van der Waals surface area contributed by atoms with Crippen LogP contribution in [0.1, 0.15) is 17.4 Å². The van der Waals surface area contributed by atoms with E-state index in [1.807, 2.05) is 24.3 Å². The van der Waals surface area contributed by atoms with Gasteiger partial charge < -0.3 is 10.6 Å². The third kappa shape index (κ3) is 4.30. The van der Waals surface area contributed by atoms with E-state index in [9.17, 15) is 9.59 Å². The molecule has 0 fully saturated rings. The largest absolute Gasteiger partial charge is 0.325 e. The van der Waals surface area contributed by atoms with Gasteiger partial charge in [-0.1, -0.05) is 39.7 Å². The standard InChI is InChI=1S/C18H14BrClN4O2/c1-10(25)21-14-7-6-13(20)8-16(14)22-18(26)17-9-15(23-24-17)11-2-4-12(19)5-3-11/h2-9H,1H3,(H,21,25)(H,22,26)(H,23,24). The molecule has 0 aliphatic carbocycles. The second kappa shape index (κ2) is 7.72. The molecule has 2 aromatic carbocycles. The van der Waals surface area contributed by atoms with E-state index in [1.165, 1.54) is 6.92 Å². The molecule has 2 amide bonds. The molecule has 0 atom stereocenters. The van der Waals surface area contributed by atoms with Crippen LogP contribution in [0.2, 0.25) is 5.02 Å². The van der Waals surface area contributed by atoms with Gasteiger partial charge in [0.05, 0.1) is 17.1 Å². The van der Waals surface area contributed by atoms with E-state index in [4.69, 9.17) is 11.6 Å². The van der Waals surface area contributed by atoms with E-state index < -0.39 is 5.91 Å². The minimum absolute atomic E-state index is 0.248. The summed E-state index contributed by atoms with van der Waals surface area (Å²) < 4.78 is 0.959. The number of benzene rings is 2. The van der Waals surface area contributed by atoms with Gasteiger partial charge >= 0.3 is 0 Å². The highest BCUT2D eigenvalue weighted by molar-refractivity contribution is 9.10. The number of aromatic amines is 1. The molecule has 0 aliphatic rings. The molecular weight excluding hydrogens is 420 g/mol. The van der Waals surface area contributed by atoms with Crippen LogP contribution in [-0.2, 0) is 4.79 Å². The van der Waals surface area contributed by atoms with Crippen molar-refractivity contribution in [3.8, 4) is 11.3 Å². The molecule has 0 aliphatic heterocycles. The molecule has 0 radical (unpaired) electrons. The lowest BCUT2D eigenvalue weighted by atomic mass is 10.1. The van der Waals surface area contributed by atoms with E-state index in [1.54, 1.807) is 24.3 Å². The molecule has 0 bridgehead atoms. The number of carbonyl (C=O) groups excluding carboxylic acids is 2. The Morgan fingerprint density at radius 3 is 2.46 bits per heavy atom. The molecule has 132 valence electrons. The molecule has 3 N–H and O–H groups in total. The number of hydrogen-bond donors (Lipinski definition) is 3. The Morgan fingerprint density at radius 2 is 1.77 bits per heavy atom. The lowest BCUT2D eigenvalue weighted by Crippen LogP contribution is -2.15. The number of aromatic nitrogens is 2. The Kier molecular flexibility index (Phi) is 5.39. The Bertz CT molecular complexity index is 970. The summed E-state index contributed by atoms with van der Waals surface area (Å²) in [5.41, 5.74) is 2.68. The van der Waals surface area contributed by atoms with Crippen molar-refractivity contribution < 1.29 is 9.59 Å². The fourth-order valence-electron chi connectivity index (χ4n) is 2.31. The van der Waals surface area contributed by atoms with Crippen molar-refractivity contribution in [3.05, 3.63) is 63.7 Å². The van der Waals surface area contributed by atoms with Gasteiger partial charge in [0.2, 0.25) is 5.91 Å². The van der Waals surface area contributed by atoms with Crippen molar-refractivity contribution in [3.63, 3.8) is 0 Å². The smallest absolute Gasteiger partial charge is 0.273 e. The van der Waals surface area contributed by atoms with Crippen molar-refractivity contribution in [2.75, 3.05) is 10.6 Å². The Balaban J connectivity index is 1.82. The van der Waals surface area contributed by atoms with E-state index in [2.05, 4.69) is 36.8 Å². The van der Waals surface area contributed by atoms with Crippen molar-refractivity contribution in [1.82, 2.24) is 10.2 Å². The van der Waals surface area contributed by atoms with E-state index in [0.29, 0.717) is 22.1 Å². The normalized spacial score (nSPS) is 10.4. The molecule has 6 nitrogen and oxygen atoms in total. The summed E-state index contributed by atoms with van der Waals surface area (Å²) in [5.74, 6) is -0.642. The molecule has 3 rings (SSSR count). The van der Waals surface area contributed by atoms with Gasteiger partial charge in [0.15, 0.2) is 0 Å². The van der Waals surface area contributed by atoms with Crippen LogP contribution in [0.5, 0.6) is 0 Å². The monoisotopic (exact) mass is 432 g/mol. The molecule has 3 aromatic rings. The van der Waals surface area contributed by atoms with E-state index >= 15 is 0 Å². The van der Waals surface area contributed by atoms with Gasteiger partial charge in [-0.3, -0.25) is 14.7 Å². The fourth-order valence-corrected chi connectivity index (χ4v) is 2.75.